The van der Waals surface area contributed by atoms with Gasteiger partial charge in [0.15, 0.2) is 11.5 Å². The summed E-state index contributed by atoms with van der Waals surface area (Å²) in [7, 11) is 4.68. The second-order valence-electron chi connectivity index (χ2n) is 5.83. The van der Waals surface area contributed by atoms with Gasteiger partial charge in [-0.1, -0.05) is 13.8 Å². The molecule has 23 heavy (non-hydrogen) atoms. The summed E-state index contributed by atoms with van der Waals surface area (Å²) < 4.78 is 15.9. The smallest absolute Gasteiger partial charge is 0.244 e. The quantitative estimate of drug-likeness (QED) is 0.747. The molecule has 1 aromatic rings. The zero-order valence-corrected chi connectivity index (χ0v) is 14.8. The first-order valence-electron chi connectivity index (χ1n) is 7.69. The van der Waals surface area contributed by atoms with Gasteiger partial charge in [-0.15, -0.1) is 0 Å². The SMILES string of the molecule is COc1cc(/C=C/C(=O)NC(C)CC(C)C)cc(OC)c1OC. The largest absolute Gasteiger partial charge is 0.493 e. The van der Waals surface area contributed by atoms with Crippen LogP contribution in [-0.2, 0) is 4.79 Å². The summed E-state index contributed by atoms with van der Waals surface area (Å²) in [6.45, 7) is 6.27. The van der Waals surface area contributed by atoms with Gasteiger partial charge in [-0.05, 0) is 43.0 Å². The Hall–Kier alpha value is -2.17. The van der Waals surface area contributed by atoms with E-state index in [1.807, 2.05) is 6.92 Å². The van der Waals surface area contributed by atoms with Crippen molar-refractivity contribution in [3.8, 4) is 17.2 Å². The Morgan fingerprint density at radius 1 is 1.09 bits per heavy atom. The van der Waals surface area contributed by atoms with E-state index in [2.05, 4.69) is 19.2 Å². The van der Waals surface area contributed by atoms with E-state index >= 15 is 0 Å². The molecule has 0 aliphatic carbocycles. The second-order valence-corrected chi connectivity index (χ2v) is 5.83. The Kier molecular flexibility index (Phi) is 7.45. The molecule has 1 rings (SSSR count). The predicted molar refractivity (Wildman–Crippen MR) is 92.2 cm³/mol. The third kappa shape index (κ3) is 5.85. The van der Waals surface area contributed by atoms with Gasteiger partial charge in [-0.3, -0.25) is 4.79 Å². The van der Waals surface area contributed by atoms with Gasteiger partial charge in [0.2, 0.25) is 11.7 Å². The Balaban J connectivity index is 2.85. The first kappa shape index (κ1) is 18.9. The fraction of sp³-hybridized carbons (Fsp3) is 0.500. The second kappa shape index (κ2) is 9.08. The lowest BCUT2D eigenvalue weighted by molar-refractivity contribution is -0.117. The van der Waals surface area contributed by atoms with Gasteiger partial charge in [-0.2, -0.15) is 0 Å². The fourth-order valence-corrected chi connectivity index (χ4v) is 2.43. The van der Waals surface area contributed by atoms with E-state index in [-0.39, 0.29) is 11.9 Å². The molecule has 1 atom stereocenters. The molecule has 0 spiro atoms. The number of nitrogens with one attached hydrogen (secondary N) is 1. The third-order valence-electron chi connectivity index (χ3n) is 3.33. The van der Waals surface area contributed by atoms with Crippen LogP contribution >= 0.6 is 0 Å². The summed E-state index contributed by atoms with van der Waals surface area (Å²) in [6.07, 6.45) is 4.18. The average Bonchev–Trinajstić information content (AvgIpc) is 2.50. The Labute approximate surface area is 138 Å². The van der Waals surface area contributed by atoms with Crippen LogP contribution in [0, 0.1) is 5.92 Å². The highest BCUT2D eigenvalue weighted by atomic mass is 16.5. The molecule has 5 nitrogen and oxygen atoms in total. The van der Waals surface area contributed by atoms with Crippen LogP contribution in [0.15, 0.2) is 18.2 Å². The van der Waals surface area contributed by atoms with Crippen molar-refractivity contribution in [3.63, 3.8) is 0 Å². The molecule has 0 saturated heterocycles. The average molecular weight is 321 g/mol. The van der Waals surface area contributed by atoms with Crippen molar-refractivity contribution < 1.29 is 19.0 Å². The van der Waals surface area contributed by atoms with Crippen molar-refractivity contribution >= 4 is 12.0 Å². The minimum absolute atomic E-state index is 0.119. The number of benzene rings is 1. The number of carbonyl (C=O) groups excluding carboxylic acids is 1. The molecule has 1 amide bonds. The molecule has 0 aliphatic rings. The number of amides is 1. The monoisotopic (exact) mass is 321 g/mol. The number of hydrogen-bond acceptors (Lipinski definition) is 4. The summed E-state index contributed by atoms with van der Waals surface area (Å²) >= 11 is 0. The zero-order chi connectivity index (χ0) is 17.4. The highest BCUT2D eigenvalue weighted by Gasteiger charge is 2.12. The Morgan fingerprint density at radius 3 is 2.09 bits per heavy atom. The molecule has 0 fully saturated rings. The van der Waals surface area contributed by atoms with Crippen molar-refractivity contribution in [3.05, 3.63) is 23.8 Å². The van der Waals surface area contributed by atoms with Crippen LogP contribution in [0.2, 0.25) is 0 Å². The molecule has 1 N–H and O–H groups in total. The molecular weight excluding hydrogens is 294 g/mol. The molecular formula is C18H27NO4. The van der Waals surface area contributed by atoms with E-state index in [0.717, 1.165) is 12.0 Å². The summed E-state index contributed by atoms with van der Waals surface area (Å²) in [5.74, 6) is 2.07. The normalized spacial score (nSPS) is 12.3. The zero-order valence-electron chi connectivity index (χ0n) is 14.8. The van der Waals surface area contributed by atoms with Crippen LogP contribution in [0.3, 0.4) is 0 Å². The maximum Gasteiger partial charge on any atom is 0.244 e. The van der Waals surface area contributed by atoms with Gasteiger partial charge in [0.05, 0.1) is 21.3 Å². The van der Waals surface area contributed by atoms with Gasteiger partial charge in [0, 0.05) is 12.1 Å². The highest BCUT2D eigenvalue weighted by Crippen LogP contribution is 2.38. The van der Waals surface area contributed by atoms with Crippen LogP contribution in [0.5, 0.6) is 17.2 Å². The van der Waals surface area contributed by atoms with Crippen molar-refractivity contribution in [2.75, 3.05) is 21.3 Å². The number of hydrogen-bond donors (Lipinski definition) is 1. The maximum absolute atomic E-state index is 12.0. The van der Waals surface area contributed by atoms with Crippen molar-refractivity contribution in [1.82, 2.24) is 5.32 Å². The number of ether oxygens (including phenoxy) is 3. The molecule has 5 heteroatoms. The molecule has 1 unspecified atom stereocenters. The van der Waals surface area contributed by atoms with Crippen LogP contribution in [0.1, 0.15) is 32.8 Å². The summed E-state index contributed by atoms with van der Waals surface area (Å²) in [5, 5.41) is 2.95. The predicted octanol–water partition coefficient (Wildman–Crippen LogP) is 3.28. The van der Waals surface area contributed by atoms with Crippen molar-refractivity contribution in [2.24, 2.45) is 5.92 Å². The van der Waals surface area contributed by atoms with Crippen LogP contribution < -0.4 is 19.5 Å². The minimum Gasteiger partial charge on any atom is -0.493 e. The molecule has 0 radical (unpaired) electrons. The van der Waals surface area contributed by atoms with Gasteiger partial charge < -0.3 is 19.5 Å². The summed E-state index contributed by atoms with van der Waals surface area (Å²) in [5.41, 5.74) is 0.797. The molecule has 0 heterocycles. The first-order valence-corrected chi connectivity index (χ1v) is 7.69. The van der Waals surface area contributed by atoms with E-state index in [0.29, 0.717) is 23.2 Å². The topological polar surface area (TPSA) is 56.8 Å². The molecule has 0 aromatic heterocycles. The molecule has 1 aromatic carbocycles. The summed E-state index contributed by atoms with van der Waals surface area (Å²) in [6, 6.07) is 3.73. The molecule has 0 aliphatic heterocycles. The lowest BCUT2D eigenvalue weighted by Gasteiger charge is -2.14. The van der Waals surface area contributed by atoms with E-state index < -0.39 is 0 Å². The van der Waals surface area contributed by atoms with Crippen LogP contribution in [0.25, 0.3) is 6.08 Å². The van der Waals surface area contributed by atoms with Gasteiger partial charge >= 0.3 is 0 Å². The van der Waals surface area contributed by atoms with Crippen molar-refractivity contribution in [2.45, 2.75) is 33.2 Å². The minimum atomic E-state index is -0.119. The number of carbonyl (C=O) groups is 1. The fourth-order valence-electron chi connectivity index (χ4n) is 2.43. The van der Waals surface area contributed by atoms with E-state index in [1.165, 1.54) is 6.08 Å². The maximum atomic E-state index is 12.0. The van der Waals surface area contributed by atoms with Gasteiger partial charge in [0.1, 0.15) is 0 Å². The lowest BCUT2D eigenvalue weighted by Crippen LogP contribution is -2.32. The van der Waals surface area contributed by atoms with Crippen LogP contribution in [-0.4, -0.2) is 33.3 Å². The lowest BCUT2D eigenvalue weighted by atomic mass is 10.1. The third-order valence-corrected chi connectivity index (χ3v) is 3.33. The van der Waals surface area contributed by atoms with E-state index in [4.69, 9.17) is 14.2 Å². The number of methoxy groups -OCH3 is 3. The van der Waals surface area contributed by atoms with E-state index in [1.54, 1.807) is 39.5 Å². The van der Waals surface area contributed by atoms with Crippen molar-refractivity contribution in [1.29, 1.82) is 0 Å². The molecule has 0 saturated carbocycles. The standard InChI is InChI=1S/C18H27NO4/c1-12(2)9-13(3)19-17(20)8-7-14-10-15(21-4)18(23-6)16(11-14)22-5/h7-8,10-13H,9H2,1-6H3,(H,19,20)/b8-7+. The summed E-state index contributed by atoms with van der Waals surface area (Å²) in [4.78, 5) is 12.0. The first-order chi connectivity index (χ1) is 10.9. The molecule has 128 valence electrons. The Morgan fingerprint density at radius 2 is 1.65 bits per heavy atom. The number of rotatable bonds is 8. The van der Waals surface area contributed by atoms with Gasteiger partial charge in [0.25, 0.3) is 0 Å². The van der Waals surface area contributed by atoms with Gasteiger partial charge in [-0.25, -0.2) is 0 Å². The molecule has 0 bridgehead atoms. The van der Waals surface area contributed by atoms with Crippen LogP contribution in [0.4, 0.5) is 0 Å². The Bertz CT molecular complexity index is 527. The van der Waals surface area contributed by atoms with E-state index in [9.17, 15) is 4.79 Å². The highest BCUT2D eigenvalue weighted by molar-refractivity contribution is 5.92.